The van der Waals surface area contributed by atoms with E-state index in [4.69, 9.17) is 4.74 Å². The van der Waals surface area contributed by atoms with Gasteiger partial charge in [-0.2, -0.15) is 0 Å². The number of methoxy groups -OCH3 is 1. The lowest BCUT2D eigenvalue weighted by atomic mass is 10.1. The molecule has 5 nitrogen and oxygen atoms in total. The molecule has 1 aliphatic rings. The van der Waals surface area contributed by atoms with Crippen LogP contribution in [0.25, 0.3) is 0 Å². The molecule has 2 aromatic carbocycles. The number of carbonyl (C=O) groups excluding carboxylic acids is 2. The highest BCUT2D eigenvalue weighted by atomic mass is 32.2. The average Bonchev–Trinajstić information content (AvgIpc) is 2.72. The minimum absolute atomic E-state index is 0.137. The van der Waals surface area contributed by atoms with Crippen LogP contribution in [0.5, 0.6) is 5.75 Å². The van der Waals surface area contributed by atoms with Crippen LogP contribution >= 0.6 is 11.8 Å². The molecule has 1 heterocycles. The van der Waals surface area contributed by atoms with Gasteiger partial charge in [0.05, 0.1) is 24.2 Å². The van der Waals surface area contributed by atoms with Gasteiger partial charge in [0.25, 0.3) is 5.91 Å². The predicted molar refractivity (Wildman–Crippen MR) is 112 cm³/mol. The number of para-hydroxylation sites is 1. The fourth-order valence-electron chi connectivity index (χ4n) is 3.11. The molecule has 0 bridgehead atoms. The van der Waals surface area contributed by atoms with Gasteiger partial charge in [0.15, 0.2) is 0 Å². The van der Waals surface area contributed by atoms with E-state index in [1.54, 1.807) is 16.9 Å². The van der Waals surface area contributed by atoms with Gasteiger partial charge in [0.2, 0.25) is 5.91 Å². The van der Waals surface area contributed by atoms with E-state index in [1.165, 1.54) is 17.8 Å². The summed E-state index contributed by atoms with van der Waals surface area (Å²) in [5.74, 6) is 0.450. The number of rotatable bonds is 6. The van der Waals surface area contributed by atoms with Crippen LogP contribution in [0, 0.1) is 0 Å². The van der Waals surface area contributed by atoms with Gasteiger partial charge in [-0.25, -0.2) is 0 Å². The zero-order valence-electron chi connectivity index (χ0n) is 16.3. The van der Waals surface area contributed by atoms with Gasteiger partial charge in [-0.3, -0.25) is 9.59 Å². The molecule has 0 atom stereocenters. The van der Waals surface area contributed by atoms with Crippen LogP contribution in [-0.2, 0) is 16.1 Å². The Labute approximate surface area is 170 Å². The molecule has 0 aliphatic carbocycles. The molecule has 0 N–H and O–H groups in total. The molecule has 0 saturated carbocycles. The topological polar surface area (TPSA) is 49.9 Å². The Morgan fingerprint density at radius 1 is 1.14 bits per heavy atom. The van der Waals surface area contributed by atoms with E-state index >= 15 is 0 Å². The number of amides is 2. The Morgan fingerprint density at radius 2 is 1.89 bits per heavy atom. The Balaban J connectivity index is 1.96. The lowest BCUT2D eigenvalue weighted by Gasteiger charge is -2.30. The summed E-state index contributed by atoms with van der Waals surface area (Å²) in [5.41, 5.74) is 1.82. The number of fused-ring (bicyclic) bond motifs is 1. The molecule has 6 heteroatoms. The smallest absolute Gasteiger partial charge is 0.265 e. The van der Waals surface area contributed by atoms with Gasteiger partial charge in [-0.05, 0) is 43.7 Å². The second kappa shape index (κ2) is 8.97. The molecule has 1 aliphatic heterocycles. The number of likely N-dealkylation sites (N-methyl/N-ethyl adjacent to an activating group) is 1. The highest BCUT2D eigenvalue weighted by Crippen LogP contribution is 2.42. The molecule has 0 aromatic heterocycles. The van der Waals surface area contributed by atoms with E-state index in [0.717, 1.165) is 21.9 Å². The van der Waals surface area contributed by atoms with Gasteiger partial charge in [0.1, 0.15) is 5.75 Å². The number of hydrogen-bond donors (Lipinski definition) is 0. The van der Waals surface area contributed by atoms with Gasteiger partial charge in [-0.1, -0.05) is 36.0 Å². The number of thioether (sulfide) groups is 1. The molecule has 2 amide bonds. The van der Waals surface area contributed by atoms with Crippen LogP contribution in [-0.4, -0.2) is 36.9 Å². The maximum absolute atomic E-state index is 13.2. The van der Waals surface area contributed by atoms with Crippen molar-refractivity contribution in [2.24, 2.45) is 0 Å². The highest BCUT2D eigenvalue weighted by molar-refractivity contribution is 8.04. The molecule has 146 valence electrons. The Bertz CT molecular complexity index is 906. The van der Waals surface area contributed by atoms with Crippen molar-refractivity contribution in [3.05, 3.63) is 65.1 Å². The van der Waals surface area contributed by atoms with Gasteiger partial charge in [0, 0.05) is 24.1 Å². The van der Waals surface area contributed by atoms with E-state index in [-0.39, 0.29) is 11.8 Å². The molecule has 0 saturated heterocycles. The average molecular weight is 397 g/mol. The maximum Gasteiger partial charge on any atom is 0.265 e. The third kappa shape index (κ3) is 4.22. The summed E-state index contributed by atoms with van der Waals surface area (Å²) in [7, 11) is 1.62. The van der Waals surface area contributed by atoms with Crippen molar-refractivity contribution >= 4 is 29.3 Å². The first kappa shape index (κ1) is 20.0. The van der Waals surface area contributed by atoms with E-state index < -0.39 is 0 Å². The van der Waals surface area contributed by atoms with Crippen molar-refractivity contribution in [2.45, 2.75) is 25.3 Å². The van der Waals surface area contributed by atoms with Gasteiger partial charge < -0.3 is 14.5 Å². The van der Waals surface area contributed by atoms with E-state index in [9.17, 15) is 9.59 Å². The first-order valence-electron chi connectivity index (χ1n) is 9.29. The Kier molecular flexibility index (Phi) is 6.41. The standard InChI is InChI=1S/C22H24N2O3S/c1-4-23(5-2)21(25)14-20-22(26)24(18-11-6-7-12-19(18)28-20)15-16-9-8-10-17(13-16)27-3/h6-14H,4-5,15H2,1-3H3/b20-14+. The second-order valence-corrected chi connectivity index (χ2v) is 7.42. The zero-order valence-corrected chi connectivity index (χ0v) is 17.2. The summed E-state index contributed by atoms with van der Waals surface area (Å²) in [4.78, 5) is 30.6. The van der Waals surface area contributed by atoms with Crippen molar-refractivity contribution < 1.29 is 14.3 Å². The first-order chi connectivity index (χ1) is 13.6. The molecule has 0 unspecified atom stereocenters. The third-order valence-electron chi connectivity index (χ3n) is 4.64. The van der Waals surface area contributed by atoms with Crippen molar-refractivity contribution in [2.75, 3.05) is 25.1 Å². The number of ether oxygens (including phenoxy) is 1. The number of benzene rings is 2. The van der Waals surface area contributed by atoms with Crippen LogP contribution in [0.2, 0.25) is 0 Å². The fraction of sp³-hybridized carbons (Fsp3) is 0.273. The van der Waals surface area contributed by atoms with Crippen LogP contribution in [0.4, 0.5) is 5.69 Å². The van der Waals surface area contributed by atoms with Gasteiger partial charge in [-0.15, -0.1) is 0 Å². The molecular formula is C22H24N2O3S. The zero-order chi connectivity index (χ0) is 20.1. The molecule has 0 radical (unpaired) electrons. The highest BCUT2D eigenvalue weighted by Gasteiger charge is 2.30. The molecular weight excluding hydrogens is 372 g/mol. The van der Waals surface area contributed by atoms with Crippen molar-refractivity contribution in [1.82, 2.24) is 4.90 Å². The summed E-state index contributed by atoms with van der Waals surface area (Å²) in [6, 6.07) is 15.4. The number of carbonyl (C=O) groups is 2. The first-order valence-corrected chi connectivity index (χ1v) is 10.1. The van der Waals surface area contributed by atoms with E-state index in [0.29, 0.717) is 24.5 Å². The number of nitrogens with zero attached hydrogens (tertiary/aromatic N) is 2. The maximum atomic E-state index is 13.2. The lowest BCUT2D eigenvalue weighted by Crippen LogP contribution is -2.35. The minimum atomic E-state index is -0.160. The third-order valence-corrected chi connectivity index (χ3v) is 5.71. The summed E-state index contributed by atoms with van der Waals surface area (Å²) >= 11 is 1.35. The molecule has 0 spiro atoms. The molecule has 0 fully saturated rings. The van der Waals surface area contributed by atoms with Crippen LogP contribution in [0.1, 0.15) is 19.4 Å². The summed E-state index contributed by atoms with van der Waals surface area (Å²) in [6.07, 6.45) is 1.47. The van der Waals surface area contributed by atoms with Crippen molar-refractivity contribution in [3.63, 3.8) is 0 Å². The largest absolute Gasteiger partial charge is 0.497 e. The summed E-state index contributed by atoms with van der Waals surface area (Å²) in [6.45, 7) is 5.49. The number of hydrogen-bond acceptors (Lipinski definition) is 4. The Morgan fingerprint density at radius 3 is 2.61 bits per heavy atom. The van der Waals surface area contributed by atoms with E-state index in [2.05, 4.69) is 0 Å². The SMILES string of the molecule is CCN(CC)C(=O)/C=C1/Sc2ccccc2N(Cc2cccc(OC)c2)C1=O. The molecule has 3 rings (SSSR count). The number of anilines is 1. The van der Waals surface area contributed by atoms with Crippen LogP contribution < -0.4 is 9.64 Å². The van der Waals surface area contributed by atoms with E-state index in [1.807, 2.05) is 62.4 Å². The molecule has 2 aromatic rings. The predicted octanol–water partition coefficient (Wildman–Crippen LogP) is 4.09. The normalized spacial score (nSPS) is 14.8. The minimum Gasteiger partial charge on any atom is -0.497 e. The monoisotopic (exact) mass is 396 g/mol. The summed E-state index contributed by atoms with van der Waals surface area (Å²) < 4.78 is 5.30. The quantitative estimate of drug-likeness (QED) is 0.690. The van der Waals surface area contributed by atoms with Crippen LogP contribution in [0.15, 0.2) is 64.4 Å². The van der Waals surface area contributed by atoms with Crippen LogP contribution in [0.3, 0.4) is 0 Å². The summed E-state index contributed by atoms with van der Waals surface area (Å²) in [5, 5.41) is 0. The van der Waals surface area contributed by atoms with Crippen molar-refractivity contribution in [1.29, 1.82) is 0 Å². The van der Waals surface area contributed by atoms with Gasteiger partial charge >= 0.3 is 0 Å². The fourth-order valence-corrected chi connectivity index (χ4v) is 4.13. The Hall–Kier alpha value is -2.73. The van der Waals surface area contributed by atoms with Crippen molar-refractivity contribution in [3.8, 4) is 5.75 Å². The lowest BCUT2D eigenvalue weighted by molar-refractivity contribution is -0.126. The second-order valence-electron chi connectivity index (χ2n) is 6.33. The molecule has 28 heavy (non-hydrogen) atoms.